The predicted molar refractivity (Wildman–Crippen MR) is 75.7 cm³/mol. The molecule has 3 heterocycles. The lowest BCUT2D eigenvalue weighted by Gasteiger charge is -2.15. The number of hydrogen-bond acceptors (Lipinski definition) is 5. The zero-order valence-corrected chi connectivity index (χ0v) is 11.7. The van der Waals surface area contributed by atoms with Crippen molar-refractivity contribution in [2.45, 2.75) is 25.5 Å². The van der Waals surface area contributed by atoms with Gasteiger partial charge < -0.3 is 10.0 Å². The summed E-state index contributed by atoms with van der Waals surface area (Å²) in [5.74, 6) is -0.0288. The van der Waals surface area contributed by atoms with Crippen LogP contribution in [-0.2, 0) is 11.3 Å². The highest BCUT2D eigenvalue weighted by Crippen LogP contribution is 2.14. The number of aromatic nitrogens is 2. The molecule has 0 bridgehead atoms. The van der Waals surface area contributed by atoms with Crippen molar-refractivity contribution in [3.63, 3.8) is 0 Å². The van der Waals surface area contributed by atoms with E-state index >= 15 is 0 Å². The van der Waals surface area contributed by atoms with Crippen LogP contribution in [0.1, 0.15) is 12.8 Å². The topological polar surface area (TPSA) is 75.4 Å². The molecule has 0 aliphatic carbocycles. The summed E-state index contributed by atoms with van der Waals surface area (Å²) in [5, 5.41) is 11.8. The molecular weight excluding hydrogens is 278 g/mol. The molecule has 7 heteroatoms. The Morgan fingerprint density at radius 3 is 3.15 bits per heavy atom. The fourth-order valence-corrected chi connectivity index (χ4v) is 3.12. The molecule has 6 nitrogen and oxygen atoms in total. The summed E-state index contributed by atoms with van der Waals surface area (Å²) < 4.78 is 1.47. The number of thiophene rings is 1. The van der Waals surface area contributed by atoms with Crippen molar-refractivity contribution in [3.8, 4) is 0 Å². The number of fused-ring (bicyclic) bond motifs is 1. The van der Waals surface area contributed by atoms with Crippen molar-refractivity contribution in [2.75, 3.05) is 13.1 Å². The maximum absolute atomic E-state index is 12.1. The highest BCUT2D eigenvalue weighted by Gasteiger charge is 2.24. The standard InChI is InChI=1S/C13H15N3O3S/c17-9-1-4-15(7-9)11(18)2-5-16-8-14-12-10(13(16)19)3-6-20-12/h3,6,8-9,17H,1-2,4-5,7H2/t9-/m0/s1. The van der Waals surface area contributed by atoms with Gasteiger partial charge in [-0.3, -0.25) is 14.2 Å². The monoisotopic (exact) mass is 293 g/mol. The average Bonchev–Trinajstić information content (AvgIpc) is 3.06. The third kappa shape index (κ3) is 2.46. The number of nitrogens with zero attached hydrogens (tertiary/aromatic N) is 3. The number of hydrogen-bond donors (Lipinski definition) is 1. The molecule has 1 N–H and O–H groups in total. The van der Waals surface area contributed by atoms with Crippen LogP contribution in [-0.4, -0.2) is 44.7 Å². The van der Waals surface area contributed by atoms with Gasteiger partial charge in [0.15, 0.2) is 0 Å². The first-order chi connectivity index (χ1) is 9.65. The van der Waals surface area contributed by atoms with Gasteiger partial charge in [-0.15, -0.1) is 11.3 Å². The van der Waals surface area contributed by atoms with Crippen LogP contribution in [0, 0.1) is 0 Å². The molecule has 1 aliphatic rings. The molecule has 1 amide bonds. The molecule has 1 atom stereocenters. The highest BCUT2D eigenvalue weighted by molar-refractivity contribution is 7.16. The van der Waals surface area contributed by atoms with E-state index in [2.05, 4.69) is 4.98 Å². The van der Waals surface area contributed by atoms with E-state index in [4.69, 9.17) is 0 Å². The molecule has 106 valence electrons. The van der Waals surface area contributed by atoms with Gasteiger partial charge in [0.2, 0.25) is 5.91 Å². The Morgan fingerprint density at radius 1 is 1.55 bits per heavy atom. The maximum atomic E-state index is 12.1. The lowest BCUT2D eigenvalue weighted by molar-refractivity contribution is -0.130. The van der Waals surface area contributed by atoms with Crippen LogP contribution in [0.5, 0.6) is 0 Å². The van der Waals surface area contributed by atoms with Crippen LogP contribution in [0.25, 0.3) is 10.2 Å². The second-order valence-electron chi connectivity index (χ2n) is 4.91. The second-order valence-corrected chi connectivity index (χ2v) is 5.81. The van der Waals surface area contributed by atoms with Gasteiger partial charge in [-0.1, -0.05) is 0 Å². The fraction of sp³-hybridized carbons (Fsp3) is 0.462. The quantitative estimate of drug-likeness (QED) is 0.891. The predicted octanol–water partition coefficient (Wildman–Crippen LogP) is 0.441. The van der Waals surface area contributed by atoms with Crippen LogP contribution in [0.15, 0.2) is 22.6 Å². The van der Waals surface area contributed by atoms with E-state index in [1.807, 2.05) is 5.38 Å². The Morgan fingerprint density at radius 2 is 2.40 bits per heavy atom. The van der Waals surface area contributed by atoms with E-state index in [1.165, 1.54) is 22.2 Å². The molecule has 1 saturated heterocycles. The lowest BCUT2D eigenvalue weighted by atomic mass is 10.3. The van der Waals surface area contributed by atoms with Crippen LogP contribution < -0.4 is 5.56 Å². The number of likely N-dealkylation sites (tertiary alicyclic amines) is 1. The molecule has 1 fully saturated rings. The Kier molecular flexibility index (Phi) is 3.54. The van der Waals surface area contributed by atoms with Gasteiger partial charge in [0.05, 0.1) is 17.8 Å². The van der Waals surface area contributed by atoms with Gasteiger partial charge in [-0.05, 0) is 17.9 Å². The van der Waals surface area contributed by atoms with Crippen molar-refractivity contribution >= 4 is 27.5 Å². The van der Waals surface area contributed by atoms with E-state index in [-0.39, 0.29) is 17.9 Å². The van der Waals surface area contributed by atoms with Crippen LogP contribution >= 0.6 is 11.3 Å². The Bertz CT molecular complexity index is 693. The smallest absolute Gasteiger partial charge is 0.262 e. The summed E-state index contributed by atoms with van der Waals surface area (Å²) in [7, 11) is 0. The SMILES string of the molecule is O=C(CCn1cnc2sccc2c1=O)N1CC[C@H](O)C1. The van der Waals surface area contributed by atoms with Gasteiger partial charge >= 0.3 is 0 Å². The zero-order chi connectivity index (χ0) is 14.1. The van der Waals surface area contributed by atoms with Gasteiger partial charge in [-0.25, -0.2) is 4.98 Å². The first-order valence-corrected chi connectivity index (χ1v) is 7.41. The summed E-state index contributed by atoms with van der Waals surface area (Å²) in [5.41, 5.74) is -0.106. The molecular formula is C13H15N3O3S. The Balaban J connectivity index is 1.69. The average molecular weight is 293 g/mol. The second kappa shape index (κ2) is 5.34. The molecule has 0 saturated carbocycles. The molecule has 1 aliphatic heterocycles. The Hall–Kier alpha value is -1.73. The minimum Gasteiger partial charge on any atom is -0.391 e. The van der Waals surface area contributed by atoms with Crippen molar-refractivity contribution in [3.05, 3.63) is 28.1 Å². The first-order valence-electron chi connectivity index (χ1n) is 6.53. The largest absolute Gasteiger partial charge is 0.391 e. The van der Waals surface area contributed by atoms with Crippen molar-refractivity contribution < 1.29 is 9.90 Å². The molecule has 20 heavy (non-hydrogen) atoms. The number of β-amino-alcohol motifs (C(OH)–C–C–N with tert-alkyl or cyclic N) is 1. The fourth-order valence-electron chi connectivity index (χ4n) is 2.40. The maximum Gasteiger partial charge on any atom is 0.262 e. The van der Waals surface area contributed by atoms with Gasteiger partial charge in [0.25, 0.3) is 5.56 Å². The minimum absolute atomic E-state index is 0.0288. The van der Waals surface area contributed by atoms with Crippen molar-refractivity contribution in [1.29, 1.82) is 0 Å². The molecule has 0 unspecified atom stereocenters. The molecule has 0 radical (unpaired) electrons. The van der Waals surface area contributed by atoms with E-state index in [1.54, 1.807) is 11.0 Å². The van der Waals surface area contributed by atoms with Gasteiger partial charge in [0.1, 0.15) is 4.83 Å². The number of carbonyl (C=O) groups is 1. The van der Waals surface area contributed by atoms with Crippen LogP contribution in [0.3, 0.4) is 0 Å². The summed E-state index contributed by atoms with van der Waals surface area (Å²) >= 11 is 1.43. The molecule has 0 aromatic carbocycles. The van der Waals surface area contributed by atoms with E-state index in [0.29, 0.717) is 31.4 Å². The molecule has 3 rings (SSSR count). The van der Waals surface area contributed by atoms with Gasteiger partial charge in [0, 0.05) is 26.1 Å². The molecule has 2 aromatic heterocycles. The van der Waals surface area contributed by atoms with Crippen molar-refractivity contribution in [1.82, 2.24) is 14.5 Å². The Labute approximate surface area is 119 Å². The van der Waals surface area contributed by atoms with Crippen LogP contribution in [0.4, 0.5) is 0 Å². The van der Waals surface area contributed by atoms with E-state index < -0.39 is 6.10 Å². The number of aliphatic hydroxyl groups excluding tert-OH is 1. The minimum atomic E-state index is -0.412. The van der Waals surface area contributed by atoms with E-state index in [9.17, 15) is 14.7 Å². The summed E-state index contributed by atoms with van der Waals surface area (Å²) in [6.07, 6.45) is 1.97. The number of aryl methyl sites for hydroxylation is 1. The summed E-state index contributed by atoms with van der Waals surface area (Å²) in [6.45, 7) is 1.31. The first kappa shape index (κ1) is 13.3. The normalized spacial score (nSPS) is 18.9. The number of aliphatic hydroxyl groups is 1. The molecule has 2 aromatic rings. The van der Waals surface area contributed by atoms with Crippen molar-refractivity contribution in [2.24, 2.45) is 0 Å². The highest BCUT2D eigenvalue weighted by atomic mass is 32.1. The third-order valence-corrected chi connectivity index (χ3v) is 4.35. The van der Waals surface area contributed by atoms with E-state index in [0.717, 1.165) is 4.83 Å². The number of rotatable bonds is 3. The lowest BCUT2D eigenvalue weighted by Crippen LogP contribution is -2.31. The number of amides is 1. The summed E-state index contributed by atoms with van der Waals surface area (Å²) in [6, 6.07) is 1.75. The van der Waals surface area contributed by atoms with Gasteiger partial charge in [-0.2, -0.15) is 0 Å². The third-order valence-electron chi connectivity index (χ3n) is 3.53. The zero-order valence-electron chi connectivity index (χ0n) is 10.9. The van der Waals surface area contributed by atoms with Crippen LogP contribution in [0.2, 0.25) is 0 Å². The number of carbonyl (C=O) groups excluding carboxylic acids is 1. The molecule has 0 spiro atoms. The summed E-state index contributed by atoms with van der Waals surface area (Å²) in [4.78, 5) is 30.7.